The number of unbranched alkanes of at least 4 members (excludes halogenated alkanes) is 3. The molecule has 42 heavy (non-hydrogen) atoms. The fourth-order valence-corrected chi connectivity index (χ4v) is 4.53. The minimum absolute atomic E-state index is 0.191. The number of carbonyl (C=O) groups is 6. The van der Waals surface area contributed by atoms with Gasteiger partial charge in [0.25, 0.3) is 0 Å². The Hall–Kier alpha value is -3.36. The molecule has 0 fully saturated rings. The highest BCUT2D eigenvalue weighted by Gasteiger charge is 2.30. The van der Waals surface area contributed by atoms with E-state index in [1.807, 2.05) is 34.6 Å². The monoisotopic (exact) mass is 588 g/mol. The lowest BCUT2D eigenvalue weighted by molar-refractivity contribution is -0.144. The molecule has 234 valence electrons. The summed E-state index contributed by atoms with van der Waals surface area (Å²) in [4.78, 5) is 77.2. The molecule has 0 aliphatic rings. The molecule has 0 heterocycles. The predicted molar refractivity (Wildman–Crippen MR) is 158 cm³/mol. The van der Waals surface area contributed by atoms with E-state index in [4.69, 9.17) is 14.2 Å². The molecule has 9 nitrogen and oxygen atoms in total. The van der Waals surface area contributed by atoms with Crippen LogP contribution in [0.1, 0.15) is 150 Å². The highest BCUT2D eigenvalue weighted by atomic mass is 16.6. The second kappa shape index (κ2) is 19.7. The minimum Gasteiger partial charge on any atom is -0.389 e. The van der Waals surface area contributed by atoms with Gasteiger partial charge in [-0.1, -0.05) is 80.1 Å². The Morgan fingerprint density at radius 3 is 1.24 bits per heavy atom. The fourth-order valence-electron chi connectivity index (χ4n) is 4.53. The molecule has 3 atom stereocenters. The van der Waals surface area contributed by atoms with Gasteiger partial charge in [0.15, 0.2) is 0 Å². The van der Waals surface area contributed by atoms with Gasteiger partial charge in [-0.25, -0.2) is 14.4 Å². The maximum Gasteiger partial charge on any atom is 0.346 e. The van der Waals surface area contributed by atoms with Crippen molar-refractivity contribution < 1.29 is 43.0 Å². The van der Waals surface area contributed by atoms with Gasteiger partial charge < -0.3 is 14.2 Å². The van der Waals surface area contributed by atoms with E-state index in [0.29, 0.717) is 38.5 Å². The van der Waals surface area contributed by atoms with Gasteiger partial charge in [-0.3, -0.25) is 14.4 Å². The number of benzene rings is 1. The van der Waals surface area contributed by atoms with Crippen LogP contribution in [-0.2, 0) is 28.6 Å². The standard InChI is InChI=1S/C33H48O9/c1-7-13-16-22(10-4)28(34)40-31(37)25-19-20-26(32(38)41-29(35)23(11-5)17-14-8-2)27(21-25)33(39)42-30(36)24(12-6)18-15-9-3/h19-24H,7-18H2,1-6H3. The van der Waals surface area contributed by atoms with Crippen LogP contribution in [0.15, 0.2) is 18.2 Å². The smallest absolute Gasteiger partial charge is 0.346 e. The summed E-state index contributed by atoms with van der Waals surface area (Å²) in [6.45, 7) is 11.4. The third-order valence-corrected chi connectivity index (χ3v) is 7.47. The van der Waals surface area contributed by atoms with Crippen LogP contribution in [-0.4, -0.2) is 35.8 Å². The van der Waals surface area contributed by atoms with Gasteiger partial charge in [0.1, 0.15) is 0 Å². The first kappa shape index (κ1) is 36.7. The van der Waals surface area contributed by atoms with E-state index in [9.17, 15) is 28.8 Å². The van der Waals surface area contributed by atoms with Gasteiger partial charge in [-0.05, 0) is 56.7 Å². The Morgan fingerprint density at radius 2 is 0.881 bits per heavy atom. The van der Waals surface area contributed by atoms with E-state index >= 15 is 0 Å². The molecule has 0 N–H and O–H groups in total. The lowest BCUT2D eigenvalue weighted by atomic mass is 9.99. The van der Waals surface area contributed by atoms with Crippen molar-refractivity contribution in [3.63, 3.8) is 0 Å². The number of hydrogen-bond donors (Lipinski definition) is 0. The van der Waals surface area contributed by atoms with Crippen molar-refractivity contribution in [3.8, 4) is 0 Å². The van der Waals surface area contributed by atoms with Crippen molar-refractivity contribution in [2.75, 3.05) is 0 Å². The Morgan fingerprint density at radius 1 is 0.524 bits per heavy atom. The van der Waals surface area contributed by atoms with Crippen molar-refractivity contribution in [1.29, 1.82) is 0 Å². The lowest BCUT2D eigenvalue weighted by Gasteiger charge is -2.16. The van der Waals surface area contributed by atoms with Gasteiger partial charge in [0.2, 0.25) is 0 Å². The second-order valence-corrected chi connectivity index (χ2v) is 10.6. The number of carbonyl (C=O) groups excluding carboxylic acids is 6. The molecule has 0 aliphatic carbocycles. The zero-order valence-corrected chi connectivity index (χ0v) is 26.1. The van der Waals surface area contributed by atoms with Crippen molar-refractivity contribution in [1.82, 2.24) is 0 Å². The van der Waals surface area contributed by atoms with E-state index in [2.05, 4.69) is 0 Å². The SMILES string of the molecule is CCCCC(CC)C(=O)OC(=O)c1ccc(C(=O)OC(=O)C(CC)CCCC)c(C(=O)OC(=O)C(CC)CCCC)c1. The summed E-state index contributed by atoms with van der Waals surface area (Å²) in [5.41, 5.74) is -0.971. The zero-order valence-electron chi connectivity index (χ0n) is 26.1. The summed E-state index contributed by atoms with van der Waals surface area (Å²) in [7, 11) is 0. The fraction of sp³-hybridized carbons (Fsp3) is 0.636. The molecular weight excluding hydrogens is 540 g/mol. The quantitative estimate of drug-likeness (QED) is 0.0978. The predicted octanol–water partition coefficient (Wildman–Crippen LogP) is 7.39. The van der Waals surface area contributed by atoms with Gasteiger partial charge in [0.05, 0.1) is 34.4 Å². The van der Waals surface area contributed by atoms with E-state index < -0.39 is 59.1 Å². The van der Waals surface area contributed by atoms with Crippen LogP contribution in [0.2, 0.25) is 0 Å². The minimum atomic E-state index is -1.16. The maximum atomic E-state index is 13.2. The Balaban J connectivity index is 3.35. The average Bonchev–Trinajstić information content (AvgIpc) is 2.97. The summed E-state index contributed by atoms with van der Waals surface area (Å²) < 4.78 is 15.3. The third kappa shape index (κ3) is 11.5. The van der Waals surface area contributed by atoms with Crippen LogP contribution in [0.5, 0.6) is 0 Å². The van der Waals surface area contributed by atoms with Crippen molar-refractivity contribution in [2.45, 2.75) is 119 Å². The largest absolute Gasteiger partial charge is 0.389 e. The highest BCUT2D eigenvalue weighted by Crippen LogP contribution is 2.22. The molecule has 1 rings (SSSR count). The summed E-state index contributed by atoms with van der Waals surface area (Å²) in [6.07, 6.45) is 8.05. The number of rotatable bonds is 18. The molecule has 0 aromatic heterocycles. The molecule has 1 aromatic carbocycles. The molecule has 3 unspecified atom stereocenters. The van der Waals surface area contributed by atoms with Crippen LogP contribution in [0.4, 0.5) is 0 Å². The van der Waals surface area contributed by atoms with Crippen LogP contribution in [0.25, 0.3) is 0 Å². The van der Waals surface area contributed by atoms with Crippen LogP contribution < -0.4 is 0 Å². The summed E-state index contributed by atoms with van der Waals surface area (Å²) >= 11 is 0. The molecule has 0 aliphatic heterocycles. The molecular formula is C33H48O9. The van der Waals surface area contributed by atoms with Crippen LogP contribution in [0, 0.1) is 17.8 Å². The zero-order chi connectivity index (χ0) is 31.7. The van der Waals surface area contributed by atoms with Crippen LogP contribution in [0.3, 0.4) is 0 Å². The molecule has 0 saturated carbocycles. The lowest BCUT2D eigenvalue weighted by Crippen LogP contribution is -2.25. The summed E-state index contributed by atoms with van der Waals surface area (Å²) in [5.74, 6) is -6.88. The van der Waals surface area contributed by atoms with Gasteiger partial charge >= 0.3 is 35.8 Å². The summed E-state index contributed by atoms with van der Waals surface area (Å²) in [5, 5.41) is 0. The number of hydrogen-bond acceptors (Lipinski definition) is 9. The molecule has 9 heteroatoms. The first-order chi connectivity index (χ1) is 20.1. The van der Waals surface area contributed by atoms with Crippen LogP contribution >= 0.6 is 0 Å². The van der Waals surface area contributed by atoms with Gasteiger partial charge in [-0.2, -0.15) is 0 Å². The Bertz CT molecular complexity index is 1080. The highest BCUT2D eigenvalue weighted by molar-refractivity contribution is 6.10. The average molecular weight is 589 g/mol. The third-order valence-electron chi connectivity index (χ3n) is 7.47. The number of esters is 6. The van der Waals surface area contributed by atoms with Gasteiger partial charge in [-0.15, -0.1) is 0 Å². The van der Waals surface area contributed by atoms with Crippen molar-refractivity contribution in [2.24, 2.45) is 17.8 Å². The normalized spacial score (nSPS) is 13.0. The molecule has 1 aromatic rings. The van der Waals surface area contributed by atoms with Crippen molar-refractivity contribution in [3.05, 3.63) is 34.9 Å². The first-order valence-corrected chi connectivity index (χ1v) is 15.5. The van der Waals surface area contributed by atoms with E-state index in [0.717, 1.165) is 50.7 Å². The molecule has 0 bridgehead atoms. The molecule has 0 radical (unpaired) electrons. The van der Waals surface area contributed by atoms with E-state index in [-0.39, 0.29) is 11.1 Å². The topological polar surface area (TPSA) is 130 Å². The Kier molecular flexibility index (Phi) is 17.2. The van der Waals surface area contributed by atoms with Crippen molar-refractivity contribution >= 4 is 35.8 Å². The first-order valence-electron chi connectivity index (χ1n) is 15.5. The summed E-state index contributed by atoms with van der Waals surface area (Å²) in [6, 6.07) is 3.36. The molecule has 0 amide bonds. The molecule has 0 saturated heterocycles. The van der Waals surface area contributed by atoms with E-state index in [1.54, 1.807) is 6.92 Å². The van der Waals surface area contributed by atoms with Gasteiger partial charge in [0, 0.05) is 0 Å². The number of ether oxygens (including phenoxy) is 3. The van der Waals surface area contributed by atoms with E-state index in [1.165, 1.54) is 6.07 Å². The molecule has 0 spiro atoms. The maximum absolute atomic E-state index is 13.2. The Labute approximate surface area is 250 Å². The second-order valence-electron chi connectivity index (χ2n) is 10.6.